The van der Waals surface area contributed by atoms with Gasteiger partial charge in [0, 0.05) is 12.6 Å². The van der Waals surface area contributed by atoms with Crippen LogP contribution in [0.1, 0.15) is 41.9 Å². The van der Waals surface area contributed by atoms with Crippen LogP contribution < -0.4 is 10.3 Å². The fraction of sp³-hybridized carbons (Fsp3) is 0.353. The molecule has 1 fully saturated rings. The molecule has 120 valence electrons. The number of aromatic nitrogens is 2. The van der Waals surface area contributed by atoms with Crippen LogP contribution in [0, 0.1) is 0 Å². The minimum atomic E-state index is -0.314. The monoisotopic (exact) mass is 313 g/mol. The van der Waals surface area contributed by atoms with E-state index in [-0.39, 0.29) is 23.2 Å². The summed E-state index contributed by atoms with van der Waals surface area (Å²) in [5.41, 5.74) is 1.04. The first-order chi connectivity index (χ1) is 11.2. The molecule has 2 aromatic rings. The van der Waals surface area contributed by atoms with E-state index in [2.05, 4.69) is 10.2 Å². The van der Waals surface area contributed by atoms with E-state index in [1.165, 1.54) is 12.1 Å². The van der Waals surface area contributed by atoms with Gasteiger partial charge in [0.25, 0.3) is 11.5 Å². The summed E-state index contributed by atoms with van der Waals surface area (Å²) in [6, 6.07) is 10.7. The van der Waals surface area contributed by atoms with Crippen molar-refractivity contribution in [3.8, 4) is 5.75 Å². The number of hydrogen-bond donors (Lipinski definition) is 1. The summed E-state index contributed by atoms with van der Waals surface area (Å²) in [6.07, 6.45) is 1.87. The predicted molar refractivity (Wildman–Crippen MR) is 85.5 cm³/mol. The minimum Gasteiger partial charge on any atom is -0.494 e. The number of likely N-dealkylation sites (tertiary alicyclic amines) is 1. The van der Waals surface area contributed by atoms with Crippen LogP contribution in [-0.4, -0.2) is 34.2 Å². The molecule has 0 spiro atoms. The Balaban J connectivity index is 1.80. The first-order valence-electron chi connectivity index (χ1n) is 7.78. The second-order valence-corrected chi connectivity index (χ2v) is 5.47. The molecular formula is C17H19N3O3. The van der Waals surface area contributed by atoms with Gasteiger partial charge in [-0.25, -0.2) is 5.10 Å². The summed E-state index contributed by atoms with van der Waals surface area (Å²) in [4.78, 5) is 25.5. The fourth-order valence-corrected chi connectivity index (χ4v) is 2.92. The third kappa shape index (κ3) is 3.26. The minimum absolute atomic E-state index is 0.0342. The zero-order chi connectivity index (χ0) is 16.2. The summed E-state index contributed by atoms with van der Waals surface area (Å²) in [5, 5.41) is 6.15. The van der Waals surface area contributed by atoms with Gasteiger partial charge in [-0.15, -0.1) is 0 Å². The number of nitrogens with zero attached hydrogens (tertiary/aromatic N) is 2. The highest BCUT2D eigenvalue weighted by Gasteiger charge is 2.31. The maximum atomic E-state index is 12.6. The summed E-state index contributed by atoms with van der Waals surface area (Å²) in [7, 11) is 0. The molecule has 1 aliphatic rings. The van der Waals surface area contributed by atoms with Crippen LogP contribution in [0.2, 0.25) is 0 Å². The van der Waals surface area contributed by atoms with Crippen molar-refractivity contribution in [2.45, 2.75) is 25.8 Å². The van der Waals surface area contributed by atoms with E-state index >= 15 is 0 Å². The number of carbonyl (C=O) groups is 1. The maximum absolute atomic E-state index is 12.6. The van der Waals surface area contributed by atoms with Crippen molar-refractivity contribution >= 4 is 5.91 Å². The van der Waals surface area contributed by atoms with Crippen LogP contribution in [-0.2, 0) is 0 Å². The van der Waals surface area contributed by atoms with Crippen LogP contribution in [0.15, 0.2) is 41.2 Å². The number of nitrogens with one attached hydrogen (secondary N) is 1. The van der Waals surface area contributed by atoms with Crippen molar-refractivity contribution in [1.82, 2.24) is 15.1 Å². The third-order valence-corrected chi connectivity index (χ3v) is 3.99. The molecule has 1 aromatic carbocycles. The van der Waals surface area contributed by atoms with Crippen molar-refractivity contribution in [1.29, 1.82) is 0 Å². The van der Waals surface area contributed by atoms with Crippen LogP contribution in [0.5, 0.6) is 5.75 Å². The molecule has 1 atom stereocenters. The molecule has 0 saturated carbocycles. The van der Waals surface area contributed by atoms with Gasteiger partial charge in [-0.2, -0.15) is 5.10 Å². The van der Waals surface area contributed by atoms with Crippen LogP contribution in [0.3, 0.4) is 0 Å². The average Bonchev–Trinajstić information content (AvgIpc) is 3.05. The van der Waals surface area contributed by atoms with Gasteiger partial charge in [-0.1, -0.05) is 12.1 Å². The Bertz CT molecular complexity index is 719. The highest BCUT2D eigenvalue weighted by Crippen LogP contribution is 2.33. The van der Waals surface area contributed by atoms with E-state index in [1.807, 2.05) is 36.1 Å². The number of amides is 1. The quantitative estimate of drug-likeness (QED) is 0.938. The van der Waals surface area contributed by atoms with Crippen molar-refractivity contribution in [2.24, 2.45) is 0 Å². The van der Waals surface area contributed by atoms with Crippen molar-refractivity contribution in [2.75, 3.05) is 13.2 Å². The molecule has 1 unspecified atom stereocenters. The van der Waals surface area contributed by atoms with Crippen molar-refractivity contribution < 1.29 is 9.53 Å². The van der Waals surface area contributed by atoms with Gasteiger partial charge in [0.1, 0.15) is 11.4 Å². The normalized spacial score (nSPS) is 17.3. The molecule has 1 aromatic heterocycles. The largest absolute Gasteiger partial charge is 0.494 e. The molecule has 0 radical (unpaired) electrons. The van der Waals surface area contributed by atoms with E-state index in [0.29, 0.717) is 13.2 Å². The highest BCUT2D eigenvalue weighted by atomic mass is 16.5. The lowest BCUT2D eigenvalue weighted by Crippen LogP contribution is -2.31. The molecule has 6 heteroatoms. The van der Waals surface area contributed by atoms with Gasteiger partial charge >= 0.3 is 0 Å². The Morgan fingerprint density at radius 3 is 2.74 bits per heavy atom. The molecule has 23 heavy (non-hydrogen) atoms. The number of rotatable bonds is 4. The lowest BCUT2D eigenvalue weighted by atomic mass is 10.0. The fourth-order valence-electron chi connectivity index (χ4n) is 2.92. The Kier molecular flexibility index (Phi) is 4.41. The van der Waals surface area contributed by atoms with E-state index < -0.39 is 0 Å². The van der Waals surface area contributed by atoms with Gasteiger partial charge in [0.15, 0.2) is 0 Å². The van der Waals surface area contributed by atoms with E-state index in [0.717, 1.165) is 24.2 Å². The second-order valence-electron chi connectivity index (χ2n) is 5.47. The number of carbonyl (C=O) groups excluding carboxylic acids is 1. The standard InChI is InChI=1S/C17H19N3O3/c1-2-23-13-7-5-12(6-8-13)15-4-3-11-20(15)17(22)14-9-10-16(21)19-18-14/h5-10,15H,2-4,11H2,1H3,(H,19,21). The van der Waals surface area contributed by atoms with Gasteiger partial charge in [0.2, 0.25) is 0 Å². The van der Waals surface area contributed by atoms with Gasteiger partial charge < -0.3 is 9.64 Å². The van der Waals surface area contributed by atoms with E-state index in [9.17, 15) is 9.59 Å². The first kappa shape index (κ1) is 15.3. The average molecular weight is 313 g/mol. The Morgan fingerprint density at radius 2 is 2.09 bits per heavy atom. The van der Waals surface area contributed by atoms with Gasteiger partial charge in [-0.05, 0) is 43.5 Å². The number of ether oxygens (including phenoxy) is 1. The Hall–Kier alpha value is -2.63. The molecule has 1 N–H and O–H groups in total. The van der Waals surface area contributed by atoms with E-state index in [1.54, 1.807) is 0 Å². The number of aromatic amines is 1. The molecule has 3 rings (SSSR count). The van der Waals surface area contributed by atoms with Gasteiger partial charge in [0.05, 0.1) is 12.6 Å². The van der Waals surface area contributed by atoms with Crippen molar-refractivity contribution in [3.63, 3.8) is 0 Å². The van der Waals surface area contributed by atoms with Crippen LogP contribution in [0.25, 0.3) is 0 Å². The molecular weight excluding hydrogens is 294 g/mol. The smallest absolute Gasteiger partial charge is 0.274 e. The number of benzene rings is 1. The summed E-state index contributed by atoms with van der Waals surface area (Å²) >= 11 is 0. The first-order valence-corrected chi connectivity index (χ1v) is 7.78. The summed E-state index contributed by atoms with van der Waals surface area (Å²) in [6.45, 7) is 3.27. The summed E-state index contributed by atoms with van der Waals surface area (Å²) < 4.78 is 5.45. The molecule has 0 bridgehead atoms. The third-order valence-electron chi connectivity index (χ3n) is 3.99. The zero-order valence-corrected chi connectivity index (χ0v) is 13.0. The Labute approximate surface area is 134 Å². The topological polar surface area (TPSA) is 75.3 Å². The highest BCUT2D eigenvalue weighted by molar-refractivity contribution is 5.92. The molecule has 1 saturated heterocycles. The lowest BCUT2D eigenvalue weighted by molar-refractivity contribution is 0.0728. The van der Waals surface area contributed by atoms with Crippen LogP contribution >= 0.6 is 0 Å². The molecule has 2 heterocycles. The lowest BCUT2D eigenvalue weighted by Gasteiger charge is -2.24. The number of hydrogen-bond acceptors (Lipinski definition) is 4. The van der Waals surface area contributed by atoms with E-state index in [4.69, 9.17) is 4.74 Å². The molecule has 1 amide bonds. The maximum Gasteiger partial charge on any atom is 0.274 e. The molecule has 1 aliphatic heterocycles. The second kappa shape index (κ2) is 6.64. The Morgan fingerprint density at radius 1 is 1.30 bits per heavy atom. The SMILES string of the molecule is CCOc1ccc(C2CCCN2C(=O)c2ccc(=O)[nH]n2)cc1. The van der Waals surface area contributed by atoms with Crippen LogP contribution in [0.4, 0.5) is 0 Å². The van der Waals surface area contributed by atoms with Crippen molar-refractivity contribution in [3.05, 3.63) is 58.0 Å². The molecule has 6 nitrogen and oxygen atoms in total. The molecule has 0 aliphatic carbocycles. The zero-order valence-electron chi connectivity index (χ0n) is 13.0. The van der Waals surface area contributed by atoms with Gasteiger partial charge in [-0.3, -0.25) is 9.59 Å². The summed E-state index contributed by atoms with van der Waals surface area (Å²) in [5.74, 6) is 0.673. The predicted octanol–water partition coefficient (Wildman–Crippen LogP) is 2.15. The number of H-pyrrole nitrogens is 1.